The van der Waals surface area contributed by atoms with Gasteiger partial charge in [-0.15, -0.1) is 0 Å². The van der Waals surface area contributed by atoms with Crippen molar-refractivity contribution in [2.24, 2.45) is 0 Å². The van der Waals surface area contributed by atoms with Crippen LogP contribution in [0.3, 0.4) is 0 Å². The quantitative estimate of drug-likeness (QED) is 0.280. The summed E-state index contributed by atoms with van der Waals surface area (Å²) in [6.45, 7) is 6.74. The molecule has 1 aromatic carbocycles. The molecule has 0 unspecified atom stereocenters. The number of anilines is 2. The van der Waals surface area contributed by atoms with E-state index in [-0.39, 0.29) is 0 Å². The number of hydrogen-bond acceptors (Lipinski definition) is 3. The van der Waals surface area contributed by atoms with Crippen molar-refractivity contribution in [2.45, 2.75) is 78.8 Å². The zero-order valence-electron chi connectivity index (χ0n) is 17.7. The monoisotopic (exact) mass is 534 g/mol. The molecule has 1 N–H and O–H groups in total. The van der Waals surface area contributed by atoms with Crippen LogP contribution in [0.5, 0.6) is 0 Å². The molecule has 0 aliphatic rings. The van der Waals surface area contributed by atoms with Crippen molar-refractivity contribution in [3.8, 4) is 0 Å². The first-order valence-corrected chi connectivity index (χ1v) is 19.1. The van der Waals surface area contributed by atoms with Crippen molar-refractivity contribution in [2.75, 3.05) is 5.32 Å². The molecule has 29 heavy (non-hydrogen) atoms. The molecule has 162 valence electrons. The molecule has 0 aliphatic carbocycles. The molecule has 0 bridgehead atoms. The number of thiazole rings is 1. The molecule has 0 fully saturated rings. The van der Waals surface area contributed by atoms with Crippen LogP contribution in [0.15, 0.2) is 29.6 Å². The summed E-state index contributed by atoms with van der Waals surface area (Å²) in [4.78, 5) is 4.95. The van der Waals surface area contributed by atoms with Crippen LogP contribution < -0.4 is 9.03 Å². The maximum absolute atomic E-state index is 13.0. The van der Waals surface area contributed by atoms with Gasteiger partial charge in [-0.1, -0.05) is 0 Å². The fraction of sp³-hybridized carbons (Fsp3) is 0.591. The zero-order chi connectivity index (χ0) is 21.3. The average Bonchev–Trinajstić information content (AvgIpc) is 3.16. The summed E-state index contributed by atoms with van der Waals surface area (Å²) >= 11 is -1.06. The Morgan fingerprint density at radius 3 is 2.07 bits per heavy atom. The standard InChI is InChI=1S/C10H6F3N2S.3C4H9.Sn/c11-10(12,13)7-2-1-3-8(6-7)15-9-14-4-5-16-9;3*1-3-4-2;/h1-3,5-6H,(H,14,15);3*1,3-4H2,2H3;. The number of benzene rings is 1. The van der Waals surface area contributed by atoms with Crippen molar-refractivity contribution in [1.29, 1.82) is 0 Å². The van der Waals surface area contributed by atoms with E-state index in [1.165, 1.54) is 72.9 Å². The third kappa shape index (κ3) is 7.16. The Morgan fingerprint density at radius 1 is 0.966 bits per heavy atom. The third-order valence-corrected chi connectivity index (χ3v) is 21.9. The fourth-order valence-electron chi connectivity index (χ4n) is 3.78. The number of hydrogen-bond donors (Lipinski definition) is 1. The third-order valence-electron chi connectivity index (χ3n) is 5.52. The molecule has 0 saturated heterocycles. The molecule has 0 saturated carbocycles. The summed E-state index contributed by atoms with van der Waals surface area (Å²) in [5.74, 6) is 0. The molecule has 0 atom stereocenters. The van der Waals surface area contributed by atoms with Gasteiger partial charge in [0.15, 0.2) is 0 Å². The molecule has 2 rings (SSSR count). The van der Waals surface area contributed by atoms with Crippen LogP contribution in [-0.4, -0.2) is 23.4 Å². The Labute approximate surface area is 181 Å². The number of unbranched alkanes of at least 4 members (excludes halogenated alkanes) is 3. The van der Waals surface area contributed by atoms with Gasteiger partial charge < -0.3 is 0 Å². The summed E-state index contributed by atoms with van der Waals surface area (Å²) < 4.78 is 44.3. The van der Waals surface area contributed by atoms with Crippen LogP contribution in [0.2, 0.25) is 13.3 Å². The van der Waals surface area contributed by atoms with Crippen molar-refractivity contribution in [1.82, 2.24) is 4.98 Å². The number of halogens is 3. The van der Waals surface area contributed by atoms with Gasteiger partial charge in [0.25, 0.3) is 0 Å². The van der Waals surface area contributed by atoms with Gasteiger partial charge in [0, 0.05) is 0 Å². The fourth-order valence-corrected chi connectivity index (χ4v) is 21.7. The summed E-state index contributed by atoms with van der Waals surface area (Å²) in [5.41, 5.74) is -0.196. The Kier molecular flexibility index (Phi) is 9.79. The number of aromatic nitrogens is 1. The Balaban J connectivity index is 2.26. The van der Waals surface area contributed by atoms with E-state index in [2.05, 4.69) is 31.5 Å². The van der Waals surface area contributed by atoms with Gasteiger partial charge in [0.1, 0.15) is 0 Å². The molecule has 2 aromatic rings. The number of rotatable bonds is 12. The summed E-state index contributed by atoms with van der Waals surface area (Å²) in [6.07, 6.45) is 3.06. The van der Waals surface area contributed by atoms with Crippen LogP contribution in [0.25, 0.3) is 0 Å². The second kappa shape index (κ2) is 11.6. The van der Waals surface area contributed by atoms with Gasteiger partial charge in [-0.3, -0.25) is 0 Å². The number of nitrogens with zero attached hydrogens (tertiary/aromatic N) is 1. The first-order valence-electron chi connectivity index (χ1n) is 10.7. The summed E-state index contributed by atoms with van der Waals surface area (Å²) in [5, 5.41) is 6.03. The van der Waals surface area contributed by atoms with Gasteiger partial charge in [-0.2, -0.15) is 0 Å². The molecule has 7 heteroatoms. The topological polar surface area (TPSA) is 24.9 Å². The molecular weight excluding hydrogens is 500 g/mol. The number of nitrogens with one attached hydrogen (secondary N) is 1. The van der Waals surface area contributed by atoms with Gasteiger partial charge in [-0.05, 0) is 0 Å². The van der Waals surface area contributed by atoms with E-state index in [4.69, 9.17) is 4.98 Å². The second-order valence-electron chi connectivity index (χ2n) is 7.83. The van der Waals surface area contributed by atoms with Crippen molar-refractivity contribution in [3.63, 3.8) is 0 Å². The first kappa shape index (κ1) is 24.5. The van der Waals surface area contributed by atoms with Gasteiger partial charge in [0.05, 0.1) is 0 Å². The SMILES string of the molecule is CCC[CH2][Sn]([CH2]CCC)([CH2]CCC)[c]1csc(Nc2cccc(C(F)(F)F)c2)n1. The number of alkyl halides is 3. The molecular formula is C22H33F3N2SSn. The van der Waals surface area contributed by atoms with Gasteiger partial charge >= 0.3 is 182 Å². The van der Waals surface area contributed by atoms with Crippen LogP contribution >= 0.6 is 11.3 Å². The van der Waals surface area contributed by atoms with Gasteiger partial charge in [-0.25, -0.2) is 0 Å². The minimum atomic E-state index is -4.34. The Hall–Kier alpha value is -0.761. The van der Waals surface area contributed by atoms with E-state index in [0.717, 1.165) is 12.1 Å². The summed E-state index contributed by atoms with van der Waals surface area (Å²) in [7, 11) is 0. The van der Waals surface area contributed by atoms with E-state index in [0.29, 0.717) is 10.8 Å². The van der Waals surface area contributed by atoms with Crippen LogP contribution in [0, 0.1) is 0 Å². The Morgan fingerprint density at radius 2 is 1.55 bits per heavy atom. The Bertz CT molecular complexity index is 724. The normalized spacial score (nSPS) is 12.3. The summed E-state index contributed by atoms with van der Waals surface area (Å²) in [6, 6.07) is 5.36. The minimum absolute atomic E-state index is 0.442. The first-order chi connectivity index (χ1) is 13.8. The van der Waals surface area contributed by atoms with E-state index < -0.39 is 30.1 Å². The molecule has 0 amide bonds. The molecule has 1 heterocycles. The molecule has 0 radical (unpaired) electrons. The van der Waals surface area contributed by atoms with Crippen molar-refractivity contribution < 1.29 is 13.2 Å². The molecule has 0 spiro atoms. The predicted octanol–water partition coefficient (Wildman–Crippen LogP) is 7.96. The van der Waals surface area contributed by atoms with E-state index >= 15 is 0 Å². The molecule has 1 aromatic heterocycles. The maximum atomic E-state index is 13.0. The van der Waals surface area contributed by atoms with Gasteiger partial charge in [0.2, 0.25) is 0 Å². The second-order valence-corrected chi connectivity index (χ2v) is 21.7. The van der Waals surface area contributed by atoms with E-state index in [1.54, 1.807) is 6.07 Å². The van der Waals surface area contributed by atoms with Crippen molar-refractivity contribution >= 4 is 44.2 Å². The molecule has 2 nitrogen and oxygen atoms in total. The van der Waals surface area contributed by atoms with E-state index in [1.807, 2.05) is 0 Å². The zero-order valence-corrected chi connectivity index (χ0v) is 21.4. The van der Waals surface area contributed by atoms with E-state index in [9.17, 15) is 13.2 Å². The average molecular weight is 533 g/mol. The van der Waals surface area contributed by atoms with Crippen LogP contribution in [0.4, 0.5) is 24.0 Å². The van der Waals surface area contributed by atoms with Crippen LogP contribution in [0.1, 0.15) is 64.9 Å². The van der Waals surface area contributed by atoms with Crippen molar-refractivity contribution in [3.05, 3.63) is 35.2 Å². The molecule has 0 aliphatic heterocycles. The predicted molar refractivity (Wildman–Crippen MR) is 121 cm³/mol. The van der Waals surface area contributed by atoms with Crippen LogP contribution in [-0.2, 0) is 6.18 Å².